The molecule has 0 aliphatic carbocycles. The third kappa shape index (κ3) is 3.31. The Labute approximate surface area is 124 Å². The van der Waals surface area contributed by atoms with Gasteiger partial charge in [0.15, 0.2) is 5.75 Å². The Hall–Kier alpha value is -2.55. The first-order chi connectivity index (χ1) is 10.3. The maximum Gasteiger partial charge on any atom is 0.157 e. The van der Waals surface area contributed by atoms with Crippen molar-refractivity contribution in [2.45, 2.75) is 19.8 Å². The van der Waals surface area contributed by atoms with Crippen molar-refractivity contribution in [1.82, 2.24) is 4.98 Å². The molecule has 1 N–H and O–H groups in total. The molecular formula is C18H18N2O. The van der Waals surface area contributed by atoms with Crippen LogP contribution in [0.5, 0.6) is 5.75 Å². The predicted octanol–water partition coefficient (Wildman–Crippen LogP) is 4.56. The second kappa shape index (κ2) is 6.27. The van der Waals surface area contributed by atoms with Gasteiger partial charge in [0.05, 0.1) is 5.71 Å². The van der Waals surface area contributed by atoms with Crippen LogP contribution in [0.3, 0.4) is 0 Å². The highest BCUT2D eigenvalue weighted by Gasteiger charge is 2.03. The Morgan fingerprint density at radius 1 is 1.05 bits per heavy atom. The van der Waals surface area contributed by atoms with E-state index in [9.17, 15) is 0 Å². The number of benzene rings is 2. The fourth-order valence-electron chi connectivity index (χ4n) is 2.31. The lowest BCUT2D eigenvalue weighted by Gasteiger charge is -2.02. The van der Waals surface area contributed by atoms with Crippen LogP contribution in [0.15, 0.2) is 65.9 Å². The molecule has 3 aromatic rings. The third-order valence-corrected chi connectivity index (χ3v) is 3.48. The molecule has 0 aliphatic rings. The minimum absolute atomic E-state index is 0.768. The van der Waals surface area contributed by atoms with E-state index in [0.717, 1.165) is 24.3 Å². The quantitative estimate of drug-likeness (QED) is 0.539. The van der Waals surface area contributed by atoms with Gasteiger partial charge in [-0.25, -0.2) is 0 Å². The molecule has 3 nitrogen and oxygen atoms in total. The van der Waals surface area contributed by atoms with Crippen LogP contribution in [0.2, 0.25) is 0 Å². The third-order valence-electron chi connectivity index (χ3n) is 3.48. The van der Waals surface area contributed by atoms with Crippen LogP contribution in [0, 0.1) is 0 Å². The number of aromatic amines is 1. The fourth-order valence-corrected chi connectivity index (χ4v) is 2.31. The van der Waals surface area contributed by atoms with E-state index in [-0.39, 0.29) is 0 Å². The number of para-hydroxylation sites is 2. The second-order valence-corrected chi connectivity index (χ2v) is 5.09. The highest BCUT2D eigenvalue weighted by Crippen LogP contribution is 2.19. The van der Waals surface area contributed by atoms with Crippen LogP contribution >= 0.6 is 0 Å². The molecule has 0 spiro atoms. The Kier molecular flexibility index (Phi) is 4.01. The van der Waals surface area contributed by atoms with Crippen molar-refractivity contribution in [1.29, 1.82) is 0 Å². The zero-order chi connectivity index (χ0) is 14.5. The van der Waals surface area contributed by atoms with Crippen LogP contribution in [-0.2, 0) is 6.42 Å². The zero-order valence-corrected chi connectivity index (χ0v) is 12.0. The van der Waals surface area contributed by atoms with Gasteiger partial charge in [-0.1, -0.05) is 41.6 Å². The molecular weight excluding hydrogens is 260 g/mol. The monoisotopic (exact) mass is 278 g/mol. The van der Waals surface area contributed by atoms with Gasteiger partial charge in [-0.15, -0.1) is 0 Å². The first kappa shape index (κ1) is 13.4. The normalized spacial score (nSPS) is 11.8. The van der Waals surface area contributed by atoms with E-state index in [1.54, 1.807) is 0 Å². The van der Waals surface area contributed by atoms with Gasteiger partial charge in [0, 0.05) is 17.1 Å². The van der Waals surface area contributed by atoms with Gasteiger partial charge < -0.3 is 9.82 Å². The Balaban J connectivity index is 1.62. The molecule has 0 aliphatic heterocycles. The van der Waals surface area contributed by atoms with Crippen LogP contribution in [-0.4, -0.2) is 10.7 Å². The number of nitrogens with one attached hydrogen (secondary N) is 1. The van der Waals surface area contributed by atoms with E-state index >= 15 is 0 Å². The number of aryl methyl sites for hydroxylation is 1. The number of hydrogen-bond donors (Lipinski definition) is 1. The van der Waals surface area contributed by atoms with E-state index in [0.29, 0.717) is 0 Å². The van der Waals surface area contributed by atoms with E-state index < -0.39 is 0 Å². The molecule has 1 heterocycles. The summed E-state index contributed by atoms with van der Waals surface area (Å²) in [6.45, 7) is 2.00. The summed E-state index contributed by atoms with van der Waals surface area (Å²) in [7, 11) is 0. The van der Waals surface area contributed by atoms with E-state index in [4.69, 9.17) is 4.84 Å². The Morgan fingerprint density at radius 2 is 1.81 bits per heavy atom. The summed E-state index contributed by atoms with van der Waals surface area (Å²) in [6, 6.07) is 18.0. The lowest BCUT2D eigenvalue weighted by atomic mass is 10.1. The van der Waals surface area contributed by atoms with Crippen molar-refractivity contribution in [3.8, 4) is 5.75 Å². The van der Waals surface area contributed by atoms with Gasteiger partial charge in [-0.05, 0) is 43.5 Å². The van der Waals surface area contributed by atoms with Crippen molar-refractivity contribution in [2.75, 3.05) is 0 Å². The highest BCUT2D eigenvalue weighted by molar-refractivity contribution is 5.85. The molecule has 0 bridgehead atoms. The zero-order valence-electron chi connectivity index (χ0n) is 12.0. The van der Waals surface area contributed by atoms with Gasteiger partial charge in [0.2, 0.25) is 0 Å². The fraction of sp³-hybridized carbons (Fsp3) is 0.167. The first-order valence-electron chi connectivity index (χ1n) is 7.13. The molecule has 0 amide bonds. The molecule has 0 atom stereocenters. The van der Waals surface area contributed by atoms with Gasteiger partial charge in [-0.2, -0.15) is 0 Å². The average Bonchev–Trinajstić information content (AvgIpc) is 2.95. The van der Waals surface area contributed by atoms with Crippen molar-refractivity contribution in [2.24, 2.45) is 5.16 Å². The molecule has 106 valence electrons. The summed E-state index contributed by atoms with van der Waals surface area (Å²) in [6.07, 6.45) is 3.92. The number of nitrogens with zero attached hydrogens (tertiary/aromatic N) is 1. The number of aromatic nitrogens is 1. The second-order valence-electron chi connectivity index (χ2n) is 5.09. The number of H-pyrrole nitrogens is 1. The molecule has 3 heteroatoms. The number of fused-ring (bicyclic) bond motifs is 1. The molecule has 0 saturated carbocycles. The molecule has 0 fully saturated rings. The molecule has 21 heavy (non-hydrogen) atoms. The maximum atomic E-state index is 5.41. The molecule has 0 saturated heterocycles. The smallest absolute Gasteiger partial charge is 0.157 e. The molecule has 1 aromatic heterocycles. The highest BCUT2D eigenvalue weighted by atomic mass is 16.6. The van der Waals surface area contributed by atoms with Gasteiger partial charge >= 0.3 is 0 Å². The molecule has 3 rings (SSSR count). The van der Waals surface area contributed by atoms with Crippen molar-refractivity contribution in [3.63, 3.8) is 0 Å². The average molecular weight is 278 g/mol. The van der Waals surface area contributed by atoms with Crippen molar-refractivity contribution < 1.29 is 4.84 Å². The van der Waals surface area contributed by atoms with E-state index in [1.165, 1.54) is 16.5 Å². The maximum absolute atomic E-state index is 5.41. The van der Waals surface area contributed by atoms with Gasteiger partial charge in [-0.3, -0.25) is 0 Å². The molecule has 0 radical (unpaired) electrons. The summed E-state index contributed by atoms with van der Waals surface area (Å²) < 4.78 is 0. The Morgan fingerprint density at radius 3 is 2.67 bits per heavy atom. The number of hydrogen-bond acceptors (Lipinski definition) is 2. The Bertz CT molecular complexity index is 744. The summed E-state index contributed by atoms with van der Waals surface area (Å²) in [5, 5.41) is 5.47. The van der Waals surface area contributed by atoms with Crippen LogP contribution in [0.1, 0.15) is 18.9 Å². The van der Waals surface area contributed by atoms with Crippen LogP contribution < -0.4 is 4.84 Å². The molecule has 0 unspecified atom stereocenters. The van der Waals surface area contributed by atoms with Gasteiger partial charge in [0.1, 0.15) is 0 Å². The van der Waals surface area contributed by atoms with Crippen LogP contribution in [0.25, 0.3) is 10.9 Å². The summed E-state index contributed by atoms with van der Waals surface area (Å²) >= 11 is 0. The first-order valence-corrected chi connectivity index (χ1v) is 7.13. The lowest BCUT2D eigenvalue weighted by Crippen LogP contribution is -1.97. The number of oxime groups is 1. The van der Waals surface area contributed by atoms with E-state index in [1.807, 2.05) is 43.3 Å². The number of rotatable bonds is 5. The van der Waals surface area contributed by atoms with Crippen LogP contribution in [0.4, 0.5) is 0 Å². The largest absolute Gasteiger partial charge is 0.361 e. The topological polar surface area (TPSA) is 37.4 Å². The predicted molar refractivity (Wildman–Crippen MR) is 86.8 cm³/mol. The summed E-state index contributed by atoms with van der Waals surface area (Å²) in [5.41, 5.74) is 3.49. The van der Waals surface area contributed by atoms with Crippen molar-refractivity contribution >= 4 is 16.6 Å². The standard InChI is InChI=1S/C18H18N2O/c1-14(20-21-16-7-3-2-4-8-16)11-12-15-13-19-18-10-6-5-9-17(15)18/h2-10,13,19H,11-12H2,1H3. The minimum atomic E-state index is 0.768. The van der Waals surface area contributed by atoms with E-state index in [2.05, 4.69) is 34.5 Å². The minimum Gasteiger partial charge on any atom is -0.361 e. The summed E-state index contributed by atoms with van der Waals surface area (Å²) in [5.74, 6) is 0.768. The van der Waals surface area contributed by atoms with Gasteiger partial charge in [0.25, 0.3) is 0 Å². The SMILES string of the molecule is CC(CCc1c[nH]c2ccccc12)=NOc1ccccc1. The lowest BCUT2D eigenvalue weighted by molar-refractivity contribution is 0.339. The molecule has 2 aromatic carbocycles. The summed E-state index contributed by atoms with van der Waals surface area (Å²) in [4.78, 5) is 8.70. The van der Waals surface area contributed by atoms with Crippen molar-refractivity contribution in [3.05, 3.63) is 66.4 Å².